The van der Waals surface area contributed by atoms with Gasteiger partial charge >= 0.3 is 0 Å². The Hall–Kier alpha value is -0.810. The summed E-state index contributed by atoms with van der Waals surface area (Å²) in [7, 11) is 2.20. The van der Waals surface area contributed by atoms with E-state index in [1.807, 2.05) is 0 Å². The van der Waals surface area contributed by atoms with Gasteiger partial charge in [0.2, 0.25) is 0 Å². The van der Waals surface area contributed by atoms with Crippen molar-refractivity contribution in [2.24, 2.45) is 4.99 Å². The van der Waals surface area contributed by atoms with Gasteiger partial charge in [-0.3, -0.25) is 4.99 Å². The van der Waals surface area contributed by atoms with E-state index in [-0.39, 0.29) is 5.54 Å². The zero-order valence-corrected chi connectivity index (χ0v) is 14.7. The summed E-state index contributed by atoms with van der Waals surface area (Å²) in [6.45, 7) is 16.5. The molecule has 0 aromatic rings. The number of hydrogen-bond donors (Lipinski definition) is 2. The average molecular weight is 297 g/mol. The lowest BCUT2D eigenvalue weighted by molar-refractivity contribution is 0.152. The highest BCUT2D eigenvalue weighted by Gasteiger charge is 2.13. The van der Waals surface area contributed by atoms with E-state index in [4.69, 9.17) is 0 Å². The molecule has 0 spiro atoms. The molecule has 1 heterocycles. The minimum atomic E-state index is 0.0564. The van der Waals surface area contributed by atoms with E-state index in [1.54, 1.807) is 0 Å². The Bertz CT molecular complexity index is 300. The maximum atomic E-state index is 4.66. The monoisotopic (exact) mass is 297 g/mol. The van der Waals surface area contributed by atoms with Crippen molar-refractivity contribution in [3.8, 4) is 0 Å². The summed E-state index contributed by atoms with van der Waals surface area (Å²) in [5, 5.41) is 6.73. The summed E-state index contributed by atoms with van der Waals surface area (Å²) in [6.07, 6.45) is 2.40. The van der Waals surface area contributed by atoms with Crippen LogP contribution in [-0.4, -0.2) is 74.2 Å². The standard InChI is InChI=1S/C16H35N5/c1-6-17-15(19-16(2,3)4)18-9-7-8-10-21-13-11-20(5)12-14-21/h6-14H2,1-5H3,(H2,17,18,19). The predicted octanol–water partition coefficient (Wildman–Crippen LogP) is 1.37. The second kappa shape index (κ2) is 9.26. The predicted molar refractivity (Wildman–Crippen MR) is 92.0 cm³/mol. The lowest BCUT2D eigenvalue weighted by atomic mass is 10.1. The molecule has 0 aromatic heterocycles. The number of piperazine rings is 1. The summed E-state index contributed by atoms with van der Waals surface area (Å²) in [4.78, 5) is 9.64. The molecular weight excluding hydrogens is 262 g/mol. The molecular formula is C16H35N5. The molecule has 0 atom stereocenters. The first-order valence-corrected chi connectivity index (χ1v) is 8.38. The van der Waals surface area contributed by atoms with Gasteiger partial charge in [0.1, 0.15) is 0 Å². The molecule has 5 heteroatoms. The quantitative estimate of drug-likeness (QED) is 0.441. The van der Waals surface area contributed by atoms with Crippen LogP contribution < -0.4 is 10.6 Å². The lowest BCUT2D eigenvalue weighted by Crippen LogP contribution is -2.47. The van der Waals surface area contributed by atoms with Crippen molar-refractivity contribution in [1.82, 2.24) is 20.4 Å². The Morgan fingerprint density at radius 1 is 1.10 bits per heavy atom. The molecule has 1 saturated heterocycles. The lowest BCUT2D eigenvalue weighted by Gasteiger charge is -2.32. The summed E-state index contributed by atoms with van der Waals surface area (Å²) in [5.74, 6) is 0.935. The largest absolute Gasteiger partial charge is 0.357 e. The number of aliphatic imine (C=N–C) groups is 1. The Morgan fingerprint density at radius 2 is 1.76 bits per heavy atom. The van der Waals surface area contributed by atoms with Gasteiger partial charge in [0.15, 0.2) is 5.96 Å². The van der Waals surface area contributed by atoms with Crippen molar-refractivity contribution in [3.63, 3.8) is 0 Å². The first-order valence-electron chi connectivity index (χ1n) is 8.38. The Kier molecular flexibility index (Phi) is 8.04. The van der Waals surface area contributed by atoms with Crippen molar-refractivity contribution in [2.75, 3.05) is 52.9 Å². The summed E-state index contributed by atoms with van der Waals surface area (Å²) in [6, 6.07) is 0. The van der Waals surface area contributed by atoms with Crippen LogP contribution in [0.4, 0.5) is 0 Å². The average Bonchev–Trinajstić information content (AvgIpc) is 2.39. The number of rotatable bonds is 6. The van der Waals surface area contributed by atoms with Gasteiger partial charge in [-0.1, -0.05) is 0 Å². The SMILES string of the molecule is CCNC(=NCCCCN1CCN(C)CC1)NC(C)(C)C. The molecule has 1 fully saturated rings. The third-order valence-corrected chi connectivity index (χ3v) is 3.59. The first kappa shape index (κ1) is 18.2. The second-order valence-corrected chi connectivity index (χ2v) is 6.99. The van der Waals surface area contributed by atoms with Gasteiger partial charge in [-0.25, -0.2) is 0 Å². The van der Waals surface area contributed by atoms with Crippen molar-refractivity contribution in [2.45, 2.75) is 46.1 Å². The molecule has 1 aliphatic rings. The van der Waals surface area contributed by atoms with Crippen LogP contribution in [0.2, 0.25) is 0 Å². The smallest absolute Gasteiger partial charge is 0.191 e. The topological polar surface area (TPSA) is 42.9 Å². The summed E-state index contributed by atoms with van der Waals surface area (Å²) < 4.78 is 0. The van der Waals surface area contributed by atoms with E-state index < -0.39 is 0 Å². The summed E-state index contributed by atoms with van der Waals surface area (Å²) in [5.41, 5.74) is 0.0564. The molecule has 0 aromatic carbocycles. The van der Waals surface area contributed by atoms with Crippen molar-refractivity contribution >= 4 is 5.96 Å². The van der Waals surface area contributed by atoms with Gasteiger partial charge in [-0.15, -0.1) is 0 Å². The Labute approximate surface area is 131 Å². The molecule has 0 radical (unpaired) electrons. The molecule has 0 unspecified atom stereocenters. The highest BCUT2D eigenvalue weighted by atomic mass is 15.2. The van der Waals surface area contributed by atoms with Crippen LogP contribution in [0.1, 0.15) is 40.5 Å². The molecule has 0 aliphatic carbocycles. The highest BCUT2D eigenvalue weighted by Crippen LogP contribution is 2.02. The fourth-order valence-corrected chi connectivity index (χ4v) is 2.37. The van der Waals surface area contributed by atoms with Crippen LogP contribution in [0.5, 0.6) is 0 Å². The van der Waals surface area contributed by atoms with E-state index in [2.05, 4.69) is 60.2 Å². The number of unbranched alkanes of at least 4 members (excludes halogenated alkanes) is 1. The number of guanidine groups is 1. The van der Waals surface area contributed by atoms with Crippen LogP contribution in [0.15, 0.2) is 4.99 Å². The van der Waals surface area contributed by atoms with Crippen LogP contribution in [0.3, 0.4) is 0 Å². The minimum Gasteiger partial charge on any atom is -0.357 e. The van der Waals surface area contributed by atoms with Crippen LogP contribution in [-0.2, 0) is 0 Å². The zero-order valence-electron chi connectivity index (χ0n) is 14.7. The van der Waals surface area contributed by atoms with Crippen LogP contribution in [0, 0.1) is 0 Å². The molecule has 21 heavy (non-hydrogen) atoms. The van der Waals surface area contributed by atoms with Gasteiger partial charge in [0.05, 0.1) is 0 Å². The maximum absolute atomic E-state index is 4.66. The fraction of sp³-hybridized carbons (Fsp3) is 0.938. The van der Waals surface area contributed by atoms with E-state index in [9.17, 15) is 0 Å². The van der Waals surface area contributed by atoms with E-state index in [0.29, 0.717) is 0 Å². The first-order chi connectivity index (χ1) is 9.90. The molecule has 2 N–H and O–H groups in total. The van der Waals surface area contributed by atoms with Gasteiger partial charge in [-0.05, 0) is 54.1 Å². The van der Waals surface area contributed by atoms with E-state index in [1.165, 1.54) is 39.1 Å². The van der Waals surface area contributed by atoms with Gasteiger partial charge < -0.3 is 20.4 Å². The molecule has 0 saturated carbocycles. The maximum Gasteiger partial charge on any atom is 0.191 e. The Balaban J connectivity index is 2.19. The highest BCUT2D eigenvalue weighted by molar-refractivity contribution is 5.80. The molecule has 124 valence electrons. The summed E-state index contributed by atoms with van der Waals surface area (Å²) >= 11 is 0. The molecule has 0 amide bonds. The molecule has 1 rings (SSSR count). The van der Waals surface area contributed by atoms with Crippen molar-refractivity contribution in [3.05, 3.63) is 0 Å². The number of nitrogens with one attached hydrogen (secondary N) is 2. The van der Waals surface area contributed by atoms with Crippen molar-refractivity contribution < 1.29 is 0 Å². The fourth-order valence-electron chi connectivity index (χ4n) is 2.37. The van der Waals surface area contributed by atoms with Crippen LogP contribution >= 0.6 is 0 Å². The normalized spacial score (nSPS) is 18.8. The van der Waals surface area contributed by atoms with E-state index in [0.717, 1.165) is 25.5 Å². The van der Waals surface area contributed by atoms with Gasteiger partial charge in [0, 0.05) is 44.8 Å². The molecule has 5 nitrogen and oxygen atoms in total. The second-order valence-electron chi connectivity index (χ2n) is 6.99. The Morgan fingerprint density at radius 3 is 2.33 bits per heavy atom. The van der Waals surface area contributed by atoms with Crippen LogP contribution in [0.25, 0.3) is 0 Å². The molecule has 0 bridgehead atoms. The number of hydrogen-bond acceptors (Lipinski definition) is 3. The third kappa shape index (κ3) is 8.94. The van der Waals surface area contributed by atoms with E-state index >= 15 is 0 Å². The molecule has 1 aliphatic heterocycles. The zero-order chi connectivity index (χ0) is 15.7. The number of likely N-dealkylation sites (N-methyl/N-ethyl adjacent to an activating group) is 1. The third-order valence-electron chi connectivity index (χ3n) is 3.59. The van der Waals surface area contributed by atoms with Crippen molar-refractivity contribution in [1.29, 1.82) is 0 Å². The number of nitrogens with zero attached hydrogens (tertiary/aromatic N) is 3. The van der Waals surface area contributed by atoms with Gasteiger partial charge in [-0.2, -0.15) is 0 Å². The minimum absolute atomic E-state index is 0.0564. The van der Waals surface area contributed by atoms with Gasteiger partial charge in [0.25, 0.3) is 0 Å².